The highest BCUT2D eigenvalue weighted by Crippen LogP contribution is 2.33. The van der Waals surface area contributed by atoms with Crippen LogP contribution in [0.25, 0.3) is 0 Å². The fourth-order valence-corrected chi connectivity index (χ4v) is 2.99. The van der Waals surface area contributed by atoms with E-state index in [9.17, 15) is 9.59 Å². The molecule has 1 saturated carbocycles. The van der Waals surface area contributed by atoms with Gasteiger partial charge in [0.05, 0.1) is 6.04 Å². The third kappa shape index (κ3) is 3.95. The summed E-state index contributed by atoms with van der Waals surface area (Å²) in [5, 5.41) is 3.03. The fourth-order valence-electron chi connectivity index (χ4n) is 2.99. The number of hydrogen-bond acceptors (Lipinski definition) is 5. The zero-order valence-electron chi connectivity index (χ0n) is 14.2. The summed E-state index contributed by atoms with van der Waals surface area (Å²) in [7, 11) is 0. The minimum atomic E-state index is -0.564. The predicted octanol–water partition coefficient (Wildman–Crippen LogP) is 1.61. The lowest BCUT2D eigenvalue weighted by Gasteiger charge is -2.40. The number of hydrogen-bond donors (Lipinski definition) is 1. The Morgan fingerprint density at radius 3 is 2.39 bits per heavy atom. The lowest BCUT2D eigenvalue weighted by molar-refractivity contribution is -0.388. The topological polar surface area (TPSA) is 77.1 Å². The summed E-state index contributed by atoms with van der Waals surface area (Å²) in [5.74, 6) is 0.240. The van der Waals surface area contributed by atoms with E-state index in [-0.39, 0.29) is 30.2 Å². The highest BCUT2D eigenvalue weighted by Gasteiger charge is 2.47. The van der Waals surface area contributed by atoms with Crippen molar-refractivity contribution in [3.05, 3.63) is 0 Å². The van der Waals surface area contributed by atoms with Gasteiger partial charge in [0, 0.05) is 18.5 Å². The first-order valence-electron chi connectivity index (χ1n) is 8.34. The van der Waals surface area contributed by atoms with Gasteiger partial charge in [-0.2, -0.15) is 0 Å². The number of carbonyl (C=O) groups excluding carboxylic acids is 2. The number of nitrogens with zero attached hydrogens (tertiary/aromatic N) is 1. The molecule has 3 aliphatic rings. The molecule has 0 bridgehead atoms. The molecule has 0 spiro atoms. The Morgan fingerprint density at radius 1 is 1.22 bits per heavy atom. The molecule has 2 saturated heterocycles. The Kier molecular flexibility index (Phi) is 4.27. The summed E-state index contributed by atoms with van der Waals surface area (Å²) in [4.78, 5) is 26.0. The molecule has 0 aromatic rings. The smallest absolute Gasteiger partial charge is 0.410 e. The van der Waals surface area contributed by atoms with E-state index in [1.807, 2.05) is 27.7 Å². The van der Waals surface area contributed by atoms with Gasteiger partial charge in [-0.3, -0.25) is 9.69 Å². The average Bonchev–Trinajstić information content (AvgIpc) is 3.15. The molecule has 3 fully saturated rings. The molecule has 2 heterocycles. The van der Waals surface area contributed by atoms with E-state index >= 15 is 0 Å². The first-order chi connectivity index (χ1) is 10.7. The van der Waals surface area contributed by atoms with Gasteiger partial charge in [-0.25, -0.2) is 4.79 Å². The van der Waals surface area contributed by atoms with E-state index in [0.717, 1.165) is 12.8 Å². The third-order valence-electron chi connectivity index (χ3n) is 4.23. The van der Waals surface area contributed by atoms with Crippen molar-refractivity contribution in [2.75, 3.05) is 6.54 Å². The molecule has 23 heavy (non-hydrogen) atoms. The minimum absolute atomic E-state index is 0.0799. The van der Waals surface area contributed by atoms with Crippen LogP contribution >= 0.6 is 0 Å². The molecule has 1 aliphatic carbocycles. The van der Waals surface area contributed by atoms with E-state index in [1.54, 1.807) is 4.90 Å². The maximum absolute atomic E-state index is 12.5. The first-order valence-corrected chi connectivity index (χ1v) is 8.34. The summed E-state index contributed by atoms with van der Waals surface area (Å²) in [6.07, 6.45) is 1.46. The minimum Gasteiger partial charge on any atom is -0.444 e. The van der Waals surface area contributed by atoms with Crippen molar-refractivity contribution in [1.29, 1.82) is 0 Å². The zero-order valence-corrected chi connectivity index (χ0v) is 14.2. The molecule has 0 aromatic carbocycles. The Balaban J connectivity index is 1.63. The van der Waals surface area contributed by atoms with Crippen molar-refractivity contribution >= 4 is 12.0 Å². The Morgan fingerprint density at radius 2 is 1.87 bits per heavy atom. The molecule has 130 valence electrons. The van der Waals surface area contributed by atoms with Crippen LogP contribution in [-0.2, 0) is 19.0 Å². The van der Waals surface area contributed by atoms with Crippen molar-refractivity contribution in [3.63, 3.8) is 0 Å². The summed E-state index contributed by atoms with van der Waals surface area (Å²) < 4.78 is 16.6. The largest absolute Gasteiger partial charge is 0.444 e. The van der Waals surface area contributed by atoms with E-state index < -0.39 is 18.0 Å². The molecule has 1 N–H and O–H groups in total. The van der Waals surface area contributed by atoms with E-state index in [4.69, 9.17) is 14.2 Å². The molecule has 3 rings (SSSR count). The van der Waals surface area contributed by atoms with Gasteiger partial charge in [0.15, 0.2) is 12.6 Å². The second kappa shape index (κ2) is 5.94. The van der Waals surface area contributed by atoms with Gasteiger partial charge in [-0.15, -0.1) is 0 Å². The number of amides is 2. The molecule has 2 amide bonds. The lowest BCUT2D eigenvalue weighted by Crippen LogP contribution is -2.53. The maximum Gasteiger partial charge on any atom is 0.410 e. The third-order valence-corrected chi connectivity index (χ3v) is 4.23. The fraction of sp³-hybridized carbons (Fsp3) is 0.875. The molecule has 0 radical (unpaired) electrons. The van der Waals surface area contributed by atoms with Gasteiger partial charge in [0.25, 0.3) is 0 Å². The SMILES string of the molecule is CC1OC([C@@H]2C[C@@H](NC(=O)C3CC3)CN2C(=O)OC(C)(C)C)O1. The summed E-state index contributed by atoms with van der Waals surface area (Å²) in [6.45, 7) is 7.74. The highest BCUT2D eigenvalue weighted by atomic mass is 16.9. The van der Waals surface area contributed by atoms with Crippen molar-refractivity contribution < 1.29 is 23.8 Å². The Hall–Kier alpha value is -1.34. The van der Waals surface area contributed by atoms with Gasteiger partial charge < -0.3 is 19.5 Å². The van der Waals surface area contributed by atoms with Crippen LogP contribution in [0.1, 0.15) is 47.0 Å². The van der Waals surface area contributed by atoms with Crippen LogP contribution in [0.4, 0.5) is 4.79 Å². The number of likely N-dealkylation sites (tertiary alicyclic amines) is 1. The van der Waals surface area contributed by atoms with Crippen LogP contribution in [0.15, 0.2) is 0 Å². The number of carbonyl (C=O) groups is 2. The van der Waals surface area contributed by atoms with Gasteiger partial charge >= 0.3 is 6.09 Å². The van der Waals surface area contributed by atoms with Gasteiger partial charge in [0.2, 0.25) is 5.91 Å². The zero-order chi connectivity index (χ0) is 16.8. The van der Waals surface area contributed by atoms with E-state index in [2.05, 4.69) is 5.32 Å². The average molecular weight is 326 g/mol. The monoisotopic (exact) mass is 326 g/mol. The van der Waals surface area contributed by atoms with Crippen LogP contribution in [0.2, 0.25) is 0 Å². The first kappa shape index (κ1) is 16.5. The molecule has 7 nitrogen and oxygen atoms in total. The van der Waals surface area contributed by atoms with Crippen LogP contribution in [0.5, 0.6) is 0 Å². The molecule has 2 atom stereocenters. The molecule has 7 heteroatoms. The molecular weight excluding hydrogens is 300 g/mol. The van der Waals surface area contributed by atoms with Gasteiger partial charge in [-0.1, -0.05) is 0 Å². The molecule has 2 aliphatic heterocycles. The Labute approximate surface area is 136 Å². The normalized spacial score (nSPS) is 34.0. The van der Waals surface area contributed by atoms with Crippen LogP contribution in [-0.4, -0.2) is 53.7 Å². The molecular formula is C16H26N2O5. The highest BCUT2D eigenvalue weighted by molar-refractivity contribution is 5.81. The second-order valence-electron chi connectivity index (χ2n) is 7.62. The number of ether oxygens (including phenoxy) is 3. The quantitative estimate of drug-likeness (QED) is 0.852. The van der Waals surface area contributed by atoms with E-state index in [1.165, 1.54) is 0 Å². The second-order valence-corrected chi connectivity index (χ2v) is 7.62. The van der Waals surface area contributed by atoms with E-state index in [0.29, 0.717) is 13.0 Å². The molecule has 0 aromatic heterocycles. The number of rotatable bonds is 3. The van der Waals surface area contributed by atoms with Crippen molar-refractivity contribution in [1.82, 2.24) is 10.2 Å². The Bertz CT molecular complexity index is 479. The van der Waals surface area contributed by atoms with Gasteiger partial charge in [0.1, 0.15) is 5.60 Å². The summed E-state index contributed by atoms with van der Waals surface area (Å²) >= 11 is 0. The van der Waals surface area contributed by atoms with Crippen LogP contribution in [0.3, 0.4) is 0 Å². The number of nitrogens with one attached hydrogen (secondary N) is 1. The summed E-state index contributed by atoms with van der Waals surface area (Å²) in [6, 6.07) is -0.311. The summed E-state index contributed by atoms with van der Waals surface area (Å²) in [5.41, 5.74) is -0.564. The van der Waals surface area contributed by atoms with Crippen LogP contribution in [0, 0.1) is 5.92 Å². The van der Waals surface area contributed by atoms with Crippen LogP contribution < -0.4 is 5.32 Å². The maximum atomic E-state index is 12.5. The predicted molar refractivity (Wildman–Crippen MR) is 81.4 cm³/mol. The lowest BCUT2D eigenvalue weighted by atomic mass is 10.1. The van der Waals surface area contributed by atoms with Crippen molar-refractivity contribution in [3.8, 4) is 0 Å². The van der Waals surface area contributed by atoms with Crippen molar-refractivity contribution in [2.45, 2.75) is 77.2 Å². The molecule has 0 unspecified atom stereocenters. The standard InChI is InChI=1S/C16H26N2O5/c1-9-21-14(22-9)12-7-11(17-13(19)10-5-6-10)8-18(12)15(20)23-16(2,3)4/h9-12,14H,5-8H2,1-4H3,(H,17,19)/t9?,11-,12+,14?/m1/s1. The van der Waals surface area contributed by atoms with Crippen molar-refractivity contribution in [2.24, 2.45) is 5.92 Å². The van der Waals surface area contributed by atoms with Gasteiger partial charge in [-0.05, 0) is 47.0 Å².